The zero-order valence-electron chi connectivity index (χ0n) is 20.6. The number of hydrazone groups is 1. The van der Waals surface area contributed by atoms with E-state index in [2.05, 4.69) is 20.2 Å². The first kappa shape index (κ1) is 24.9. The maximum Gasteiger partial charge on any atom is 0.408 e. The molecular formula is C26H28N5O5+. The monoisotopic (exact) mass is 490 g/mol. The van der Waals surface area contributed by atoms with Crippen molar-refractivity contribution in [2.24, 2.45) is 11.0 Å². The number of carbonyl (C=O) groups is 2. The van der Waals surface area contributed by atoms with Gasteiger partial charge in [-0.2, -0.15) is 0 Å². The number of carbonyl (C=O) groups excluding carboxylic acids is 1. The summed E-state index contributed by atoms with van der Waals surface area (Å²) in [5.41, 5.74) is 2.21. The lowest BCUT2D eigenvalue weighted by atomic mass is 10.1. The number of nitrogens with zero attached hydrogens (tertiary/aromatic N) is 4. The lowest BCUT2D eigenvalue weighted by molar-refractivity contribution is -0.506. The summed E-state index contributed by atoms with van der Waals surface area (Å²) in [5.74, 6) is 0.408. The third kappa shape index (κ3) is 5.86. The van der Waals surface area contributed by atoms with Crippen molar-refractivity contribution < 1.29 is 28.9 Å². The van der Waals surface area contributed by atoms with Crippen molar-refractivity contribution in [1.29, 1.82) is 0 Å². The van der Waals surface area contributed by atoms with Gasteiger partial charge in [0, 0.05) is 23.2 Å². The molecule has 2 N–H and O–H groups in total. The summed E-state index contributed by atoms with van der Waals surface area (Å²) in [6, 6.07) is 6.96. The average molecular weight is 491 g/mol. The lowest BCUT2D eigenvalue weighted by Gasteiger charge is -2.22. The summed E-state index contributed by atoms with van der Waals surface area (Å²) in [5, 5.41) is 16.6. The quantitative estimate of drug-likeness (QED) is 0.454. The van der Waals surface area contributed by atoms with E-state index in [9.17, 15) is 14.7 Å². The number of hydrogen-bond acceptors (Lipinski definition) is 6. The van der Waals surface area contributed by atoms with Gasteiger partial charge in [0.1, 0.15) is 23.5 Å². The number of alkyl carbamates (subject to hydrolysis) is 1. The number of ether oxygens (including phenoxy) is 2. The second-order valence-corrected chi connectivity index (χ2v) is 9.75. The normalized spacial score (nSPS) is 16.1. The van der Waals surface area contributed by atoms with E-state index in [4.69, 9.17) is 16.0 Å². The first-order chi connectivity index (χ1) is 17.0. The summed E-state index contributed by atoms with van der Waals surface area (Å²) in [6.07, 6.45) is 3.46. The molecule has 36 heavy (non-hydrogen) atoms. The third-order valence-corrected chi connectivity index (χ3v) is 5.65. The van der Waals surface area contributed by atoms with Crippen LogP contribution < -0.4 is 10.1 Å². The van der Waals surface area contributed by atoms with Crippen LogP contribution in [0.2, 0.25) is 0 Å². The minimum atomic E-state index is -1.33. The molecule has 2 aromatic rings. The third-order valence-electron chi connectivity index (χ3n) is 5.65. The van der Waals surface area contributed by atoms with Crippen LogP contribution in [0.15, 0.2) is 41.6 Å². The number of rotatable bonds is 6. The molecule has 186 valence electrons. The summed E-state index contributed by atoms with van der Waals surface area (Å²) >= 11 is 0. The van der Waals surface area contributed by atoms with Crippen molar-refractivity contribution in [2.45, 2.75) is 51.7 Å². The molecule has 0 spiro atoms. The maximum absolute atomic E-state index is 12.1. The van der Waals surface area contributed by atoms with Crippen molar-refractivity contribution in [3.05, 3.63) is 53.5 Å². The second-order valence-electron chi connectivity index (χ2n) is 9.75. The molecule has 10 heteroatoms. The van der Waals surface area contributed by atoms with Crippen LogP contribution in [0.5, 0.6) is 5.75 Å². The van der Waals surface area contributed by atoms with Gasteiger partial charge in [0.2, 0.25) is 0 Å². The van der Waals surface area contributed by atoms with Gasteiger partial charge >= 0.3 is 18.0 Å². The van der Waals surface area contributed by atoms with E-state index in [1.807, 2.05) is 7.05 Å². The molecule has 1 aromatic heterocycles. The minimum Gasteiger partial charge on any atom is -0.479 e. The average Bonchev–Trinajstić information content (AvgIpc) is 3.60. The molecule has 1 amide bonds. The van der Waals surface area contributed by atoms with Gasteiger partial charge in [-0.1, -0.05) is 22.9 Å². The van der Waals surface area contributed by atoms with Crippen LogP contribution in [-0.2, 0) is 9.53 Å². The first-order valence-corrected chi connectivity index (χ1v) is 11.6. The predicted molar refractivity (Wildman–Crippen MR) is 132 cm³/mol. The zero-order chi connectivity index (χ0) is 26.0. The molecule has 2 aliphatic rings. The molecule has 4 rings (SSSR count). The Bertz CT molecular complexity index is 1300. The number of carboxylic acid groups (broad SMARTS) is 1. The van der Waals surface area contributed by atoms with Crippen LogP contribution in [0.4, 0.5) is 10.5 Å². The maximum atomic E-state index is 12.1. The van der Waals surface area contributed by atoms with Crippen LogP contribution in [0.25, 0.3) is 16.1 Å². The van der Waals surface area contributed by atoms with E-state index in [0.29, 0.717) is 40.9 Å². The molecule has 1 aromatic carbocycles. The standard InChI is InChI=1S/C26H27N5O5/c1-26(2,3)36-25(34)29-23(24(32)33)16-8-11-19(28-14-16)18-10-9-17(27-4)12-21(18)35-22-13-20(15-6-7-15)30-31(22)5/h8-12,14-15,23H,6-7,13H2,1-3,5H3,(H-,29,32,33,34)/p+1. The molecule has 1 aliphatic carbocycles. The lowest BCUT2D eigenvalue weighted by Crippen LogP contribution is -2.38. The highest BCUT2D eigenvalue weighted by Crippen LogP contribution is 2.36. The van der Waals surface area contributed by atoms with Crippen molar-refractivity contribution in [2.75, 3.05) is 7.05 Å². The predicted octanol–water partition coefficient (Wildman–Crippen LogP) is 4.54. The van der Waals surface area contributed by atoms with Gasteiger partial charge in [-0.25, -0.2) is 14.4 Å². The first-order valence-electron chi connectivity index (χ1n) is 11.6. The van der Waals surface area contributed by atoms with Gasteiger partial charge < -0.3 is 19.9 Å². The zero-order valence-corrected chi connectivity index (χ0v) is 20.6. The summed E-state index contributed by atoms with van der Waals surface area (Å²) < 4.78 is 13.1. The Hall–Kier alpha value is -4.26. The Morgan fingerprint density at radius 3 is 2.58 bits per heavy atom. The van der Waals surface area contributed by atoms with Crippen molar-refractivity contribution in [3.8, 4) is 17.0 Å². The number of aromatic nitrogens is 1. The SMILES string of the molecule is [C-]#[N+]c1ccc(-c2ccc(C(NC(=O)OC(C)(C)C)C(=O)O)cn2)c(OC2=[N+](C)N=C(C3CC3)C2)c1. The minimum absolute atomic E-state index is 0.282. The Kier molecular flexibility index (Phi) is 6.75. The van der Waals surface area contributed by atoms with Crippen LogP contribution in [0, 0.1) is 12.5 Å². The molecular weight excluding hydrogens is 462 g/mol. The highest BCUT2D eigenvalue weighted by atomic mass is 16.6. The molecule has 0 bridgehead atoms. The molecule has 1 saturated carbocycles. The van der Waals surface area contributed by atoms with E-state index in [-0.39, 0.29) is 5.56 Å². The van der Waals surface area contributed by atoms with Crippen LogP contribution in [-0.4, -0.2) is 51.1 Å². The van der Waals surface area contributed by atoms with Crippen LogP contribution in [0.3, 0.4) is 0 Å². The van der Waals surface area contributed by atoms with Gasteiger partial charge in [-0.15, -0.1) is 0 Å². The van der Waals surface area contributed by atoms with Gasteiger partial charge in [0.05, 0.1) is 12.3 Å². The van der Waals surface area contributed by atoms with E-state index in [1.165, 1.54) is 6.20 Å². The van der Waals surface area contributed by atoms with Gasteiger partial charge in [-0.05, 0) is 50.8 Å². The Morgan fingerprint density at radius 2 is 2.00 bits per heavy atom. The molecule has 10 nitrogen and oxygen atoms in total. The molecule has 0 saturated heterocycles. The number of pyridine rings is 1. The molecule has 1 atom stereocenters. The number of aliphatic carboxylic acids is 1. The number of nitrogens with one attached hydrogen (secondary N) is 1. The van der Waals surface area contributed by atoms with Gasteiger partial charge in [0.15, 0.2) is 18.8 Å². The van der Waals surface area contributed by atoms with E-state index >= 15 is 0 Å². The Morgan fingerprint density at radius 1 is 1.25 bits per heavy atom. The Balaban J connectivity index is 1.57. The Labute approximate surface area is 209 Å². The highest BCUT2D eigenvalue weighted by molar-refractivity contribution is 6.04. The summed E-state index contributed by atoms with van der Waals surface area (Å²) in [7, 11) is 1.83. The topological polar surface area (TPSA) is 117 Å². The van der Waals surface area contributed by atoms with E-state index in [1.54, 1.807) is 55.8 Å². The summed E-state index contributed by atoms with van der Waals surface area (Å²) in [4.78, 5) is 31.9. The summed E-state index contributed by atoms with van der Waals surface area (Å²) in [6.45, 7) is 12.5. The van der Waals surface area contributed by atoms with Crippen molar-refractivity contribution >= 4 is 29.4 Å². The molecule has 1 aliphatic heterocycles. The fourth-order valence-electron chi connectivity index (χ4n) is 3.75. The highest BCUT2D eigenvalue weighted by Gasteiger charge is 2.37. The number of benzene rings is 1. The van der Waals surface area contributed by atoms with E-state index < -0.39 is 23.7 Å². The molecule has 1 fully saturated rings. The smallest absolute Gasteiger partial charge is 0.408 e. The van der Waals surface area contributed by atoms with Crippen LogP contribution >= 0.6 is 0 Å². The molecule has 1 unspecified atom stereocenters. The number of amides is 1. The van der Waals surface area contributed by atoms with Crippen molar-refractivity contribution in [3.63, 3.8) is 0 Å². The van der Waals surface area contributed by atoms with Crippen LogP contribution in [0.1, 0.15) is 51.6 Å². The fourth-order valence-corrected chi connectivity index (χ4v) is 3.75. The van der Waals surface area contributed by atoms with Gasteiger partial charge in [0.25, 0.3) is 0 Å². The number of hydrogen-bond donors (Lipinski definition) is 2. The molecule has 2 heterocycles. The largest absolute Gasteiger partial charge is 0.479 e. The van der Waals surface area contributed by atoms with Gasteiger partial charge in [-0.3, -0.25) is 4.98 Å². The number of carboxylic acids is 1. The molecule has 0 radical (unpaired) electrons. The second kappa shape index (κ2) is 9.77. The van der Waals surface area contributed by atoms with E-state index in [0.717, 1.165) is 18.6 Å². The fraction of sp³-hybridized carbons (Fsp3) is 0.385. The van der Waals surface area contributed by atoms with Crippen molar-refractivity contribution in [1.82, 2.24) is 10.3 Å².